The summed E-state index contributed by atoms with van der Waals surface area (Å²) in [6.45, 7) is 3.73. The molecule has 0 radical (unpaired) electrons. The maximum Gasteiger partial charge on any atom is 0.373 e. The van der Waals surface area contributed by atoms with Crippen LogP contribution in [0.3, 0.4) is 0 Å². The first-order valence-corrected chi connectivity index (χ1v) is 9.75. The lowest BCUT2D eigenvalue weighted by molar-refractivity contribution is -0.123. The number of halogens is 2. The molecule has 1 aromatic carbocycles. The fourth-order valence-corrected chi connectivity index (χ4v) is 3.64. The van der Waals surface area contributed by atoms with E-state index in [1.165, 1.54) is 25.3 Å². The van der Waals surface area contributed by atoms with Gasteiger partial charge < -0.3 is 19.2 Å². The van der Waals surface area contributed by atoms with Gasteiger partial charge in [0, 0.05) is 0 Å². The van der Waals surface area contributed by atoms with Gasteiger partial charge in [0.25, 0.3) is 5.91 Å². The van der Waals surface area contributed by atoms with E-state index in [1.54, 1.807) is 18.2 Å². The Balaban J connectivity index is 1.78. The van der Waals surface area contributed by atoms with Crippen molar-refractivity contribution in [1.82, 2.24) is 10.2 Å². The molecule has 0 saturated carbocycles. The average Bonchev–Trinajstić information content (AvgIpc) is 3.27. The minimum Gasteiger partial charge on any atom is -0.487 e. The van der Waals surface area contributed by atoms with Crippen LogP contribution in [-0.2, 0) is 16.1 Å². The molecule has 3 amide bonds. The highest BCUT2D eigenvalue weighted by molar-refractivity contribution is 9.10. The predicted octanol–water partition coefficient (Wildman–Crippen LogP) is 4.14. The summed E-state index contributed by atoms with van der Waals surface area (Å²) in [5.41, 5.74) is 0.650. The van der Waals surface area contributed by atoms with Gasteiger partial charge in [0.05, 0.1) is 23.1 Å². The lowest BCUT2D eigenvalue weighted by Gasteiger charge is -2.10. The zero-order chi connectivity index (χ0) is 21.8. The van der Waals surface area contributed by atoms with Crippen molar-refractivity contribution in [3.8, 4) is 5.75 Å². The number of urea groups is 1. The second kappa shape index (κ2) is 9.19. The molecule has 0 spiro atoms. The first-order chi connectivity index (χ1) is 14.3. The zero-order valence-electron chi connectivity index (χ0n) is 15.7. The van der Waals surface area contributed by atoms with E-state index in [9.17, 15) is 14.4 Å². The number of hydrogen-bond acceptors (Lipinski definition) is 6. The van der Waals surface area contributed by atoms with E-state index in [1.807, 2.05) is 0 Å². The summed E-state index contributed by atoms with van der Waals surface area (Å²) in [4.78, 5) is 37.3. The van der Waals surface area contributed by atoms with E-state index in [0.29, 0.717) is 20.8 Å². The third-order valence-electron chi connectivity index (χ3n) is 4.00. The molecule has 1 aliphatic rings. The highest BCUT2D eigenvalue weighted by Gasteiger charge is 2.34. The van der Waals surface area contributed by atoms with Crippen molar-refractivity contribution in [2.24, 2.45) is 0 Å². The third kappa shape index (κ3) is 4.58. The first kappa shape index (κ1) is 21.7. The molecule has 0 atom stereocenters. The number of benzene rings is 1. The molecule has 0 aliphatic carbocycles. The fraction of sp³-hybridized carbons (Fsp3) is 0.150. The monoisotopic (exact) mass is 494 g/mol. The number of nitrogens with zero attached hydrogens (tertiary/aromatic N) is 1. The highest BCUT2D eigenvalue weighted by Crippen LogP contribution is 2.35. The Morgan fingerprint density at radius 2 is 2.13 bits per heavy atom. The molecule has 1 N–H and O–H groups in total. The number of imide groups is 1. The Kier molecular flexibility index (Phi) is 6.63. The second-order valence-electron chi connectivity index (χ2n) is 6.05. The third-order valence-corrected chi connectivity index (χ3v) is 4.87. The van der Waals surface area contributed by atoms with Gasteiger partial charge >= 0.3 is 12.0 Å². The van der Waals surface area contributed by atoms with E-state index < -0.39 is 17.9 Å². The van der Waals surface area contributed by atoms with Crippen LogP contribution >= 0.6 is 27.5 Å². The lowest BCUT2D eigenvalue weighted by atomic mass is 10.2. The minimum atomic E-state index is -0.651. The van der Waals surface area contributed by atoms with E-state index in [4.69, 9.17) is 20.8 Å². The molecule has 0 bridgehead atoms. The summed E-state index contributed by atoms with van der Waals surface area (Å²) in [5.74, 6) is -0.512. The number of carbonyl (C=O) groups is 3. The van der Waals surface area contributed by atoms with Crippen molar-refractivity contribution in [3.63, 3.8) is 0 Å². The summed E-state index contributed by atoms with van der Waals surface area (Å²) < 4.78 is 15.9. The van der Waals surface area contributed by atoms with Crippen LogP contribution in [0.25, 0.3) is 6.08 Å². The Hall–Kier alpha value is -3.04. The fourth-order valence-electron chi connectivity index (χ4n) is 2.65. The van der Waals surface area contributed by atoms with Crippen molar-refractivity contribution in [2.45, 2.75) is 6.54 Å². The molecule has 1 fully saturated rings. The van der Waals surface area contributed by atoms with E-state index in [-0.39, 0.29) is 30.4 Å². The number of rotatable bonds is 7. The number of carbonyl (C=O) groups excluding carboxylic acids is 3. The van der Waals surface area contributed by atoms with Gasteiger partial charge in [0.15, 0.2) is 5.75 Å². The number of furan rings is 1. The van der Waals surface area contributed by atoms with E-state index >= 15 is 0 Å². The molecular weight excluding hydrogens is 480 g/mol. The summed E-state index contributed by atoms with van der Waals surface area (Å²) >= 11 is 9.62. The van der Waals surface area contributed by atoms with Crippen LogP contribution in [0.5, 0.6) is 5.75 Å². The van der Waals surface area contributed by atoms with Crippen LogP contribution < -0.4 is 10.1 Å². The van der Waals surface area contributed by atoms with Gasteiger partial charge in [0.1, 0.15) is 18.1 Å². The summed E-state index contributed by atoms with van der Waals surface area (Å²) in [5, 5.41) is 2.84. The number of esters is 1. The molecular formula is C20H16BrClN2O6. The average molecular weight is 496 g/mol. The summed E-state index contributed by atoms with van der Waals surface area (Å²) in [6.07, 6.45) is 3.09. The van der Waals surface area contributed by atoms with Crippen molar-refractivity contribution >= 4 is 51.5 Å². The number of amides is 3. The van der Waals surface area contributed by atoms with Gasteiger partial charge in [-0.15, -0.1) is 0 Å². The Bertz CT molecular complexity index is 1040. The predicted molar refractivity (Wildman–Crippen MR) is 112 cm³/mol. The summed E-state index contributed by atoms with van der Waals surface area (Å²) in [6, 6.07) is 5.60. The normalized spacial score (nSPS) is 14.8. The summed E-state index contributed by atoms with van der Waals surface area (Å²) in [7, 11) is 1.22. The molecule has 30 heavy (non-hydrogen) atoms. The van der Waals surface area contributed by atoms with Crippen LogP contribution in [0, 0.1) is 0 Å². The molecule has 10 heteroatoms. The van der Waals surface area contributed by atoms with E-state index in [0.717, 1.165) is 4.90 Å². The van der Waals surface area contributed by atoms with Gasteiger partial charge in [-0.3, -0.25) is 9.69 Å². The zero-order valence-corrected chi connectivity index (χ0v) is 18.1. The van der Waals surface area contributed by atoms with Crippen LogP contribution in [-0.4, -0.2) is 36.5 Å². The number of methoxy groups -OCH3 is 1. The quantitative estimate of drug-likeness (QED) is 0.268. The molecule has 1 aliphatic heterocycles. The number of hydrogen-bond donors (Lipinski definition) is 1. The van der Waals surface area contributed by atoms with Crippen LogP contribution in [0.1, 0.15) is 21.9 Å². The topological polar surface area (TPSA) is 98.1 Å². The Morgan fingerprint density at radius 1 is 1.37 bits per heavy atom. The minimum absolute atomic E-state index is 0.0198. The maximum atomic E-state index is 12.7. The van der Waals surface area contributed by atoms with Crippen LogP contribution in [0.4, 0.5) is 4.79 Å². The molecule has 8 nitrogen and oxygen atoms in total. The van der Waals surface area contributed by atoms with Crippen molar-refractivity contribution in [2.75, 3.05) is 13.7 Å². The number of nitrogens with one attached hydrogen (secondary N) is 1. The van der Waals surface area contributed by atoms with Crippen molar-refractivity contribution in [1.29, 1.82) is 0 Å². The molecule has 3 rings (SSSR count). The lowest BCUT2D eigenvalue weighted by Crippen LogP contribution is -2.30. The maximum absolute atomic E-state index is 12.7. The van der Waals surface area contributed by atoms with Gasteiger partial charge in [-0.2, -0.15) is 0 Å². The molecule has 1 aromatic heterocycles. The van der Waals surface area contributed by atoms with Gasteiger partial charge in [0.2, 0.25) is 5.76 Å². The molecule has 156 valence electrons. The largest absolute Gasteiger partial charge is 0.487 e. The number of ether oxygens (including phenoxy) is 2. The van der Waals surface area contributed by atoms with Crippen LogP contribution in [0.2, 0.25) is 5.02 Å². The van der Waals surface area contributed by atoms with Gasteiger partial charge in [-0.05, 0) is 51.8 Å². The molecule has 0 unspecified atom stereocenters. The van der Waals surface area contributed by atoms with Crippen LogP contribution in [0.15, 0.2) is 51.5 Å². The second-order valence-corrected chi connectivity index (χ2v) is 7.31. The standard InChI is InChI=1S/C20H16BrClN2O6/c1-3-6-29-17-13(21)7-11(8-14(17)22)9-15-18(25)24(20(27)23-15)10-12-4-5-16(30-12)19(26)28-2/h3-5,7-9H,1,6,10H2,2H3,(H,23,27). The van der Waals surface area contributed by atoms with Crippen molar-refractivity contribution in [3.05, 3.63) is 69.2 Å². The molecule has 2 heterocycles. The van der Waals surface area contributed by atoms with Crippen molar-refractivity contribution < 1.29 is 28.3 Å². The molecule has 1 saturated heterocycles. The van der Waals surface area contributed by atoms with Gasteiger partial charge in [-0.1, -0.05) is 24.3 Å². The molecule has 2 aromatic rings. The van der Waals surface area contributed by atoms with Gasteiger partial charge in [-0.25, -0.2) is 9.59 Å². The first-order valence-electron chi connectivity index (χ1n) is 8.58. The Labute approximate surface area is 185 Å². The highest BCUT2D eigenvalue weighted by atomic mass is 79.9. The SMILES string of the molecule is C=CCOc1c(Cl)cc(C=C2NC(=O)N(Cc3ccc(C(=O)OC)o3)C2=O)cc1Br. The smallest absolute Gasteiger partial charge is 0.373 e. The van der Waals surface area contributed by atoms with E-state index in [2.05, 4.69) is 32.6 Å². The Morgan fingerprint density at radius 3 is 2.80 bits per heavy atom.